The summed E-state index contributed by atoms with van der Waals surface area (Å²) in [5, 5.41) is 64.9. The lowest BCUT2D eigenvalue weighted by atomic mass is 9.92. The van der Waals surface area contributed by atoms with Crippen molar-refractivity contribution in [2.45, 2.75) is 37.8 Å². The SMILES string of the molecule is CCC(O)COCC(COCC(O)CO)(COCC(O)CO)COCC(O)CO. The molecular weight excluding hydrogens is 392 g/mol. The fraction of sp³-hybridized carbons (Fsp3) is 1.00. The molecule has 11 nitrogen and oxygen atoms in total. The van der Waals surface area contributed by atoms with Crippen LogP contribution < -0.4 is 0 Å². The minimum absolute atomic E-state index is 0.0171. The second-order valence-electron chi connectivity index (χ2n) is 7.13. The Morgan fingerprint density at radius 1 is 0.552 bits per heavy atom. The molecule has 0 fully saturated rings. The third-order valence-electron chi connectivity index (χ3n) is 3.98. The van der Waals surface area contributed by atoms with E-state index in [1.165, 1.54) is 0 Å². The summed E-state index contributed by atoms with van der Waals surface area (Å²) >= 11 is 0. The van der Waals surface area contributed by atoms with Gasteiger partial charge in [-0.3, -0.25) is 0 Å². The summed E-state index contributed by atoms with van der Waals surface area (Å²) in [4.78, 5) is 0. The fourth-order valence-electron chi connectivity index (χ4n) is 2.17. The van der Waals surface area contributed by atoms with Crippen LogP contribution >= 0.6 is 0 Å². The number of rotatable bonds is 20. The topological polar surface area (TPSA) is 179 Å². The van der Waals surface area contributed by atoms with E-state index in [1.807, 2.05) is 0 Å². The predicted octanol–water partition coefficient (Wildman–Crippen LogP) is -3.13. The Hall–Kier alpha value is -0.440. The number of aliphatic hydroxyl groups is 7. The highest BCUT2D eigenvalue weighted by Crippen LogP contribution is 2.21. The van der Waals surface area contributed by atoms with Crippen LogP contribution in [0, 0.1) is 5.41 Å². The normalized spacial score (nSPS) is 18.2. The number of hydrogen-bond acceptors (Lipinski definition) is 11. The standard InChI is InChI=1S/C18H38O11/c1-2-14(22)6-26-10-18(11-27-7-15(23)3-19,12-28-8-16(24)4-20)13-29-9-17(25)5-21/h14-17,19-25H,2-13H2,1H3. The van der Waals surface area contributed by atoms with Crippen molar-refractivity contribution in [3.8, 4) is 0 Å². The highest BCUT2D eigenvalue weighted by atomic mass is 16.5. The molecule has 0 aliphatic carbocycles. The molecule has 0 bridgehead atoms. The summed E-state index contributed by atoms with van der Waals surface area (Å²) in [6.07, 6.45) is -3.34. The van der Waals surface area contributed by atoms with Crippen molar-refractivity contribution in [1.82, 2.24) is 0 Å². The van der Waals surface area contributed by atoms with Crippen LogP contribution in [-0.4, -0.2) is 133 Å². The molecule has 0 aliphatic heterocycles. The van der Waals surface area contributed by atoms with Crippen LogP contribution in [0.2, 0.25) is 0 Å². The van der Waals surface area contributed by atoms with Crippen LogP contribution in [0.1, 0.15) is 13.3 Å². The summed E-state index contributed by atoms with van der Waals surface area (Å²) in [5.41, 5.74) is -0.938. The first kappa shape index (κ1) is 28.6. The van der Waals surface area contributed by atoms with Gasteiger partial charge in [0, 0.05) is 0 Å². The van der Waals surface area contributed by atoms with Gasteiger partial charge in [-0.2, -0.15) is 0 Å². The molecule has 0 spiro atoms. The second-order valence-corrected chi connectivity index (χ2v) is 7.13. The van der Waals surface area contributed by atoms with Crippen LogP contribution in [0.15, 0.2) is 0 Å². The summed E-state index contributed by atoms with van der Waals surface area (Å²) in [7, 11) is 0. The van der Waals surface area contributed by atoms with Gasteiger partial charge >= 0.3 is 0 Å². The highest BCUT2D eigenvalue weighted by Gasteiger charge is 2.33. The molecule has 0 aromatic rings. The van der Waals surface area contributed by atoms with E-state index in [-0.39, 0.29) is 52.9 Å². The van der Waals surface area contributed by atoms with Crippen molar-refractivity contribution >= 4 is 0 Å². The lowest BCUT2D eigenvalue weighted by Gasteiger charge is -2.34. The molecule has 176 valence electrons. The summed E-state index contributed by atoms with van der Waals surface area (Å²) in [6, 6.07) is 0. The molecular formula is C18H38O11. The number of ether oxygens (including phenoxy) is 4. The zero-order chi connectivity index (χ0) is 22.1. The Morgan fingerprint density at radius 3 is 1.07 bits per heavy atom. The molecule has 0 saturated carbocycles. The Kier molecular flexibility index (Phi) is 17.0. The third kappa shape index (κ3) is 14.2. The van der Waals surface area contributed by atoms with Crippen LogP contribution in [0.5, 0.6) is 0 Å². The average molecular weight is 430 g/mol. The van der Waals surface area contributed by atoms with E-state index in [0.717, 1.165) is 0 Å². The molecule has 7 N–H and O–H groups in total. The largest absolute Gasteiger partial charge is 0.394 e. The monoisotopic (exact) mass is 430 g/mol. The maximum Gasteiger partial charge on any atom is 0.100 e. The fourth-order valence-corrected chi connectivity index (χ4v) is 2.17. The molecule has 0 saturated heterocycles. The molecule has 29 heavy (non-hydrogen) atoms. The average Bonchev–Trinajstić information content (AvgIpc) is 2.72. The summed E-state index contributed by atoms with van der Waals surface area (Å²) in [6.45, 7) is 0.0141. The van der Waals surface area contributed by atoms with E-state index in [9.17, 15) is 20.4 Å². The van der Waals surface area contributed by atoms with Crippen molar-refractivity contribution in [2.75, 3.05) is 72.7 Å². The number of aliphatic hydroxyl groups excluding tert-OH is 7. The molecule has 4 unspecified atom stereocenters. The summed E-state index contributed by atoms with van der Waals surface area (Å²) in [5.74, 6) is 0. The van der Waals surface area contributed by atoms with Crippen LogP contribution in [0.4, 0.5) is 0 Å². The lowest BCUT2D eigenvalue weighted by Crippen LogP contribution is -2.44. The van der Waals surface area contributed by atoms with Crippen molar-refractivity contribution in [3.63, 3.8) is 0 Å². The van der Waals surface area contributed by atoms with Crippen LogP contribution in [-0.2, 0) is 18.9 Å². The van der Waals surface area contributed by atoms with Gasteiger partial charge in [0.05, 0.1) is 84.2 Å². The molecule has 0 heterocycles. The molecule has 11 heteroatoms. The van der Waals surface area contributed by atoms with Gasteiger partial charge in [-0.15, -0.1) is 0 Å². The lowest BCUT2D eigenvalue weighted by molar-refractivity contribution is -0.135. The maximum absolute atomic E-state index is 9.70. The van der Waals surface area contributed by atoms with Gasteiger partial charge in [0.2, 0.25) is 0 Å². The minimum Gasteiger partial charge on any atom is -0.394 e. The smallest absolute Gasteiger partial charge is 0.100 e. The predicted molar refractivity (Wildman–Crippen MR) is 101 cm³/mol. The van der Waals surface area contributed by atoms with Gasteiger partial charge in [-0.1, -0.05) is 6.92 Å². The van der Waals surface area contributed by atoms with E-state index < -0.39 is 49.7 Å². The van der Waals surface area contributed by atoms with Crippen LogP contribution in [0.3, 0.4) is 0 Å². The molecule has 0 aromatic heterocycles. The Morgan fingerprint density at radius 2 is 0.828 bits per heavy atom. The molecule has 0 aliphatic rings. The molecule has 0 radical (unpaired) electrons. The zero-order valence-electron chi connectivity index (χ0n) is 17.1. The van der Waals surface area contributed by atoms with E-state index in [2.05, 4.69) is 0 Å². The molecule has 0 amide bonds. The van der Waals surface area contributed by atoms with Gasteiger partial charge in [0.1, 0.15) is 18.3 Å². The molecule has 0 aromatic carbocycles. The van der Waals surface area contributed by atoms with E-state index in [0.29, 0.717) is 6.42 Å². The van der Waals surface area contributed by atoms with E-state index in [1.54, 1.807) is 6.92 Å². The Bertz CT molecular complexity index is 302. The van der Waals surface area contributed by atoms with Crippen LogP contribution in [0.25, 0.3) is 0 Å². The quantitative estimate of drug-likeness (QED) is 0.104. The maximum atomic E-state index is 9.70. The van der Waals surface area contributed by atoms with E-state index >= 15 is 0 Å². The van der Waals surface area contributed by atoms with Gasteiger partial charge in [-0.05, 0) is 6.42 Å². The minimum atomic E-state index is -1.07. The highest BCUT2D eigenvalue weighted by molar-refractivity contribution is 4.80. The van der Waals surface area contributed by atoms with Gasteiger partial charge in [-0.25, -0.2) is 0 Å². The Balaban J connectivity index is 5.05. The second kappa shape index (κ2) is 17.3. The molecule has 0 rings (SSSR count). The first-order valence-electron chi connectivity index (χ1n) is 9.68. The third-order valence-corrected chi connectivity index (χ3v) is 3.98. The Labute approximate surface area is 171 Å². The van der Waals surface area contributed by atoms with Gasteiger partial charge in [0.25, 0.3) is 0 Å². The molecule has 4 atom stereocenters. The number of hydrogen-bond donors (Lipinski definition) is 7. The van der Waals surface area contributed by atoms with Gasteiger partial charge in [0.15, 0.2) is 0 Å². The van der Waals surface area contributed by atoms with Crippen molar-refractivity contribution < 1.29 is 54.7 Å². The van der Waals surface area contributed by atoms with E-state index in [4.69, 9.17) is 34.3 Å². The van der Waals surface area contributed by atoms with Crippen molar-refractivity contribution in [2.24, 2.45) is 5.41 Å². The first-order valence-corrected chi connectivity index (χ1v) is 9.68. The van der Waals surface area contributed by atoms with Crippen molar-refractivity contribution in [3.05, 3.63) is 0 Å². The van der Waals surface area contributed by atoms with Crippen molar-refractivity contribution in [1.29, 1.82) is 0 Å². The van der Waals surface area contributed by atoms with Gasteiger partial charge < -0.3 is 54.7 Å². The summed E-state index contributed by atoms with van der Waals surface area (Å²) < 4.78 is 22.0. The zero-order valence-corrected chi connectivity index (χ0v) is 17.1. The first-order chi connectivity index (χ1) is 13.8.